The van der Waals surface area contributed by atoms with E-state index in [1.54, 1.807) is 0 Å². The highest BCUT2D eigenvalue weighted by Gasteiger charge is 2.05. The van der Waals surface area contributed by atoms with E-state index in [1.807, 2.05) is 46.0 Å². The molecule has 1 aromatic rings. The fraction of sp³-hybridized carbons (Fsp3) is 0.500. The molecule has 0 aliphatic rings. The SMILES string of the molecule is CNC(C)CNC(=O)COc1ccc(C)c(C)c1. The van der Waals surface area contributed by atoms with E-state index in [4.69, 9.17) is 4.74 Å². The van der Waals surface area contributed by atoms with Crippen LogP contribution in [0.5, 0.6) is 5.75 Å². The van der Waals surface area contributed by atoms with Crippen molar-refractivity contribution < 1.29 is 9.53 Å². The first-order chi connectivity index (χ1) is 8.52. The second-order valence-electron chi connectivity index (χ2n) is 4.53. The number of aryl methyl sites for hydroxylation is 2. The van der Waals surface area contributed by atoms with Gasteiger partial charge in [0.1, 0.15) is 5.75 Å². The van der Waals surface area contributed by atoms with E-state index < -0.39 is 0 Å². The van der Waals surface area contributed by atoms with E-state index in [2.05, 4.69) is 10.6 Å². The monoisotopic (exact) mass is 250 g/mol. The summed E-state index contributed by atoms with van der Waals surface area (Å²) in [4.78, 5) is 11.5. The summed E-state index contributed by atoms with van der Waals surface area (Å²) in [6.07, 6.45) is 0. The largest absolute Gasteiger partial charge is 0.484 e. The normalized spacial score (nSPS) is 12.0. The summed E-state index contributed by atoms with van der Waals surface area (Å²) in [7, 11) is 1.86. The lowest BCUT2D eigenvalue weighted by molar-refractivity contribution is -0.123. The van der Waals surface area contributed by atoms with Gasteiger partial charge in [0.25, 0.3) is 5.91 Å². The maximum atomic E-state index is 11.5. The minimum Gasteiger partial charge on any atom is -0.484 e. The molecule has 0 bridgehead atoms. The number of likely N-dealkylation sites (N-methyl/N-ethyl adjacent to an activating group) is 1. The van der Waals surface area contributed by atoms with Crippen molar-refractivity contribution in [3.8, 4) is 5.75 Å². The number of carbonyl (C=O) groups is 1. The molecule has 0 spiro atoms. The van der Waals surface area contributed by atoms with Crippen molar-refractivity contribution in [2.45, 2.75) is 26.8 Å². The van der Waals surface area contributed by atoms with Crippen LogP contribution in [0.3, 0.4) is 0 Å². The Morgan fingerprint density at radius 3 is 2.67 bits per heavy atom. The maximum absolute atomic E-state index is 11.5. The summed E-state index contributed by atoms with van der Waals surface area (Å²) in [5, 5.41) is 5.86. The Balaban J connectivity index is 2.36. The first-order valence-corrected chi connectivity index (χ1v) is 6.17. The van der Waals surface area contributed by atoms with Gasteiger partial charge in [0.15, 0.2) is 6.61 Å². The summed E-state index contributed by atoms with van der Waals surface area (Å²) < 4.78 is 5.44. The minimum absolute atomic E-state index is 0.0545. The predicted octanol–water partition coefficient (Wildman–Crippen LogP) is 1.41. The van der Waals surface area contributed by atoms with E-state index in [0.717, 1.165) is 11.3 Å². The standard InChI is InChI=1S/C14H22N2O2/c1-10-5-6-13(7-11(10)2)18-9-14(17)16-8-12(3)15-4/h5-7,12,15H,8-9H2,1-4H3,(H,16,17). The summed E-state index contributed by atoms with van der Waals surface area (Å²) >= 11 is 0. The van der Waals surface area contributed by atoms with Gasteiger partial charge < -0.3 is 15.4 Å². The van der Waals surface area contributed by atoms with E-state index in [0.29, 0.717) is 6.54 Å². The Morgan fingerprint density at radius 1 is 1.33 bits per heavy atom. The molecule has 1 atom stereocenters. The molecule has 0 aliphatic carbocycles. The first kappa shape index (κ1) is 14.5. The topological polar surface area (TPSA) is 50.4 Å². The summed E-state index contributed by atoms with van der Waals surface area (Å²) in [6.45, 7) is 6.73. The summed E-state index contributed by atoms with van der Waals surface area (Å²) in [5.74, 6) is 0.630. The molecule has 100 valence electrons. The van der Waals surface area contributed by atoms with Gasteiger partial charge in [-0.1, -0.05) is 6.07 Å². The second kappa shape index (κ2) is 7.01. The van der Waals surface area contributed by atoms with Crippen LogP contribution in [0.25, 0.3) is 0 Å². The number of nitrogens with one attached hydrogen (secondary N) is 2. The first-order valence-electron chi connectivity index (χ1n) is 6.17. The van der Waals surface area contributed by atoms with Crippen LogP contribution in [0.2, 0.25) is 0 Å². The zero-order valence-electron chi connectivity index (χ0n) is 11.5. The van der Waals surface area contributed by atoms with Crippen LogP contribution in [0.15, 0.2) is 18.2 Å². The molecule has 0 saturated heterocycles. The number of hydrogen-bond donors (Lipinski definition) is 2. The Hall–Kier alpha value is -1.55. The van der Waals surface area contributed by atoms with Crippen molar-refractivity contribution in [3.05, 3.63) is 29.3 Å². The molecule has 0 radical (unpaired) electrons. The van der Waals surface area contributed by atoms with Gasteiger partial charge in [-0.05, 0) is 51.1 Å². The van der Waals surface area contributed by atoms with Gasteiger partial charge in [-0.15, -0.1) is 0 Å². The third kappa shape index (κ3) is 4.75. The molecule has 0 aliphatic heterocycles. The molecule has 0 fully saturated rings. The van der Waals surface area contributed by atoms with Crippen LogP contribution in [0, 0.1) is 13.8 Å². The van der Waals surface area contributed by atoms with Gasteiger partial charge in [-0.2, -0.15) is 0 Å². The van der Waals surface area contributed by atoms with Crippen LogP contribution in [-0.2, 0) is 4.79 Å². The zero-order valence-corrected chi connectivity index (χ0v) is 11.5. The molecular weight excluding hydrogens is 228 g/mol. The molecule has 4 nitrogen and oxygen atoms in total. The number of ether oxygens (including phenoxy) is 1. The Morgan fingerprint density at radius 2 is 2.06 bits per heavy atom. The van der Waals surface area contributed by atoms with Crippen LogP contribution in [0.1, 0.15) is 18.1 Å². The Labute approximate surface area is 109 Å². The fourth-order valence-electron chi connectivity index (χ4n) is 1.37. The summed E-state index contributed by atoms with van der Waals surface area (Å²) in [5.41, 5.74) is 2.38. The predicted molar refractivity (Wildman–Crippen MR) is 72.9 cm³/mol. The third-order valence-electron chi connectivity index (χ3n) is 2.95. The molecule has 1 rings (SSSR count). The molecule has 1 amide bonds. The molecule has 0 heterocycles. The van der Waals surface area contributed by atoms with E-state index >= 15 is 0 Å². The average Bonchev–Trinajstić information content (AvgIpc) is 2.37. The van der Waals surface area contributed by atoms with Gasteiger partial charge in [-0.3, -0.25) is 4.79 Å². The molecular formula is C14H22N2O2. The third-order valence-corrected chi connectivity index (χ3v) is 2.95. The van der Waals surface area contributed by atoms with Gasteiger partial charge in [0.05, 0.1) is 0 Å². The lowest BCUT2D eigenvalue weighted by atomic mass is 10.1. The van der Waals surface area contributed by atoms with E-state index in [9.17, 15) is 4.79 Å². The minimum atomic E-state index is -0.102. The quantitative estimate of drug-likeness (QED) is 0.802. The highest BCUT2D eigenvalue weighted by molar-refractivity contribution is 5.77. The zero-order chi connectivity index (χ0) is 13.5. The number of hydrogen-bond acceptors (Lipinski definition) is 3. The van der Waals surface area contributed by atoms with Crippen LogP contribution >= 0.6 is 0 Å². The van der Waals surface area contributed by atoms with Crippen molar-refractivity contribution in [2.75, 3.05) is 20.2 Å². The molecule has 2 N–H and O–H groups in total. The summed E-state index contributed by atoms with van der Waals surface area (Å²) in [6, 6.07) is 6.08. The van der Waals surface area contributed by atoms with E-state index in [1.165, 1.54) is 5.56 Å². The van der Waals surface area contributed by atoms with Gasteiger partial charge in [-0.25, -0.2) is 0 Å². The smallest absolute Gasteiger partial charge is 0.257 e. The highest BCUT2D eigenvalue weighted by Crippen LogP contribution is 2.16. The van der Waals surface area contributed by atoms with Gasteiger partial charge in [0, 0.05) is 12.6 Å². The van der Waals surface area contributed by atoms with Crippen LogP contribution in [-0.4, -0.2) is 32.1 Å². The lowest BCUT2D eigenvalue weighted by Gasteiger charge is -2.12. The maximum Gasteiger partial charge on any atom is 0.257 e. The molecule has 1 aromatic carbocycles. The Kier molecular flexibility index (Phi) is 5.65. The molecule has 18 heavy (non-hydrogen) atoms. The van der Waals surface area contributed by atoms with Crippen molar-refractivity contribution in [1.29, 1.82) is 0 Å². The average molecular weight is 250 g/mol. The number of amides is 1. The molecule has 0 saturated carbocycles. The van der Waals surface area contributed by atoms with Crippen molar-refractivity contribution in [1.82, 2.24) is 10.6 Å². The Bertz CT molecular complexity index is 405. The number of rotatable bonds is 6. The van der Waals surface area contributed by atoms with Crippen LogP contribution < -0.4 is 15.4 Å². The number of carbonyl (C=O) groups excluding carboxylic acids is 1. The van der Waals surface area contributed by atoms with E-state index in [-0.39, 0.29) is 18.6 Å². The molecule has 4 heteroatoms. The number of benzene rings is 1. The molecule has 0 aromatic heterocycles. The van der Waals surface area contributed by atoms with Crippen molar-refractivity contribution >= 4 is 5.91 Å². The fourth-order valence-corrected chi connectivity index (χ4v) is 1.37. The molecule has 1 unspecified atom stereocenters. The highest BCUT2D eigenvalue weighted by atomic mass is 16.5. The van der Waals surface area contributed by atoms with Gasteiger partial charge >= 0.3 is 0 Å². The van der Waals surface area contributed by atoms with Crippen molar-refractivity contribution in [3.63, 3.8) is 0 Å². The van der Waals surface area contributed by atoms with Crippen molar-refractivity contribution in [2.24, 2.45) is 0 Å². The lowest BCUT2D eigenvalue weighted by Crippen LogP contribution is -2.39. The van der Waals surface area contributed by atoms with Gasteiger partial charge in [0.2, 0.25) is 0 Å². The second-order valence-corrected chi connectivity index (χ2v) is 4.53. The van der Waals surface area contributed by atoms with Crippen LogP contribution in [0.4, 0.5) is 0 Å².